The highest BCUT2D eigenvalue weighted by molar-refractivity contribution is 7.99. The number of ketones is 1. The van der Waals surface area contributed by atoms with Crippen molar-refractivity contribution in [1.82, 2.24) is 25.2 Å². The van der Waals surface area contributed by atoms with Crippen molar-refractivity contribution < 1.29 is 4.79 Å². The molecule has 0 amide bonds. The Kier molecular flexibility index (Phi) is 5.03. The zero-order valence-corrected chi connectivity index (χ0v) is 14.3. The van der Waals surface area contributed by atoms with Gasteiger partial charge in [0, 0.05) is 11.1 Å². The Morgan fingerprint density at radius 3 is 3.00 bits per heavy atom. The summed E-state index contributed by atoms with van der Waals surface area (Å²) in [6, 6.07) is 2.39. The maximum atomic E-state index is 12.4. The molecule has 3 rings (SSSR count). The summed E-state index contributed by atoms with van der Waals surface area (Å²) in [4.78, 5) is 16.6. The molecule has 120 valence electrons. The molecule has 0 radical (unpaired) electrons. The second kappa shape index (κ2) is 7.19. The molecular formula is C14H16N6OS2. The van der Waals surface area contributed by atoms with Crippen LogP contribution in [-0.4, -0.2) is 36.7 Å². The van der Waals surface area contributed by atoms with Crippen molar-refractivity contribution >= 4 is 28.9 Å². The van der Waals surface area contributed by atoms with Crippen LogP contribution in [-0.2, 0) is 4.79 Å². The summed E-state index contributed by atoms with van der Waals surface area (Å²) in [5, 5.41) is 24.1. The third-order valence-corrected chi connectivity index (χ3v) is 5.79. The standard InChI is InChI=1S/C14H16N6OS2/c1-9-7-22-13(16-9)11(6-15)12(21)8-23-14-17-18-19-20(14)10-4-2-3-5-10/h7,10-11H,2-5,8H2,1H3/t11-/m1/s1. The van der Waals surface area contributed by atoms with Crippen LogP contribution in [0.4, 0.5) is 0 Å². The molecule has 2 aromatic rings. The van der Waals surface area contributed by atoms with Gasteiger partial charge in [0.1, 0.15) is 5.01 Å². The predicted molar refractivity (Wildman–Crippen MR) is 86.3 cm³/mol. The second-order valence-corrected chi connectivity index (χ2v) is 7.32. The molecule has 23 heavy (non-hydrogen) atoms. The highest BCUT2D eigenvalue weighted by atomic mass is 32.2. The van der Waals surface area contributed by atoms with Gasteiger partial charge in [-0.3, -0.25) is 4.79 Å². The van der Waals surface area contributed by atoms with Gasteiger partial charge in [-0.25, -0.2) is 9.67 Å². The lowest BCUT2D eigenvalue weighted by molar-refractivity contribution is -0.116. The molecule has 1 fully saturated rings. The number of Topliss-reactive ketones (excluding diaryl/α,β-unsaturated/α-hetero) is 1. The number of nitriles is 1. The van der Waals surface area contributed by atoms with Crippen LogP contribution in [0.15, 0.2) is 10.5 Å². The monoisotopic (exact) mass is 348 g/mol. The SMILES string of the molecule is Cc1csc([C@H](C#N)C(=O)CSc2nnnn2C2CCCC2)n1. The summed E-state index contributed by atoms with van der Waals surface area (Å²) in [7, 11) is 0. The average Bonchev–Trinajstić information content (AvgIpc) is 3.27. The number of hydrogen-bond acceptors (Lipinski definition) is 8. The van der Waals surface area contributed by atoms with Gasteiger partial charge in [-0.05, 0) is 30.2 Å². The van der Waals surface area contributed by atoms with E-state index in [0.717, 1.165) is 18.5 Å². The van der Waals surface area contributed by atoms with Gasteiger partial charge in [-0.2, -0.15) is 5.26 Å². The van der Waals surface area contributed by atoms with Gasteiger partial charge in [0.15, 0.2) is 11.7 Å². The van der Waals surface area contributed by atoms with E-state index in [-0.39, 0.29) is 11.5 Å². The Labute approximate surface area is 142 Å². The molecule has 2 heterocycles. The van der Waals surface area contributed by atoms with Crippen molar-refractivity contribution in [2.75, 3.05) is 5.75 Å². The minimum absolute atomic E-state index is 0.159. The van der Waals surface area contributed by atoms with E-state index in [4.69, 9.17) is 0 Å². The first-order valence-electron chi connectivity index (χ1n) is 7.44. The molecule has 1 aliphatic carbocycles. The normalized spacial score (nSPS) is 16.3. The summed E-state index contributed by atoms with van der Waals surface area (Å²) < 4.78 is 1.82. The van der Waals surface area contributed by atoms with Crippen molar-refractivity contribution in [1.29, 1.82) is 5.26 Å². The average molecular weight is 348 g/mol. The number of hydrogen-bond donors (Lipinski definition) is 0. The van der Waals surface area contributed by atoms with Crippen molar-refractivity contribution in [3.05, 3.63) is 16.1 Å². The van der Waals surface area contributed by atoms with Crippen LogP contribution in [0.2, 0.25) is 0 Å². The molecule has 0 saturated heterocycles. The predicted octanol–water partition coefficient (Wildman–Crippen LogP) is 2.52. The Balaban J connectivity index is 1.65. The second-order valence-electron chi connectivity index (χ2n) is 5.49. The fourth-order valence-corrected chi connectivity index (χ4v) is 4.36. The van der Waals surface area contributed by atoms with Crippen molar-refractivity contribution in [3.8, 4) is 6.07 Å². The molecule has 0 unspecified atom stereocenters. The highest BCUT2D eigenvalue weighted by Crippen LogP contribution is 2.32. The smallest absolute Gasteiger partial charge is 0.210 e. The third-order valence-electron chi connectivity index (χ3n) is 3.81. The van der Waals surface area contributed by atoms with Gasteiger partial charge in [-0.15, -0.1) is 16.4 Å². The van der Waals surface area contributed by atoms with E-state index in [1.165, 1.54) is 35.9 Å². The van der Waals surface area contributed by atoms with Crippen LogP contribution in [0.5, 0.6) is 0 Å². The minimum Gasteiger partial charge on any atom is -0.297 e. The lowest BCUT2D eigenvalue weighted by atomic mass is 10.1. The molecule has 2 aromatic heterocycles. The Bertz CT molecular complexity index is 728. The fourth-order valence-electron chi connectivity index (χ4n) is 2.65. The molecule has 0 aliphatic heterocycles. The molecule has 9 heteroatoms. The van der Waals surface area contributed by atoms with Gasteiger partial charge in [0.2, 0.25) is 5.16 Å². The highest BCUT2D eigenvalue weighted by Gasteiger charge is 2.26. The molecule has 7 nitrogen and oxygen atoms in total. The lowest BCUT2D eigenvalue weighted by Gasteiger charge is -2.10. The number of carbonyl (C=O) groups excluding carboxylic acids is 1. The van der Waals surface area contributed by atoms with Crippen LogP contribution in [0.3, 0.4) is 0 Å². The van der Waals surface area contributed by atoms with Gasteiger partial charge in [0.25, 0.3) is 0 Å². The van der Waals surface area contributed by atoms with Crippen LogP contribution < -0.4 is 0 Å². The molecule has 1 saturated carbocycles. The fraction of sp³-hybridized carbons (Fsp3) is 0.571. The number of thiazole rings is 1. The zero-order chi connectivity index (χ0) is 16.2. The van der Waals surface area contributed by atoms with Crippen LogP contribution in [0.25, 0.3) is 0 Å². The summed E-state index contributed by atoms with van der Waals surface area (Å²) in [6.07, 6.45) is 4.53. The molecule has 0 bridgehead atoms. The van der Waals surface area contributed by atoms with E-state index in [2.05, 4.69) is 26.6 Å². The van der Waals surface area contributed by atoms with Gasteiger partial charge in [0.05, 0.1) is 17.9 Å². The van der Waals surface area contributed by atoms with Gasteiger partial charge < -0.3 is 0 Å². The Morgan fingerprint density at radius 1 is 1.57 bits per heavy atom. The number of aryl methyl sites for hydroxylation is 1. The van der Waals surface area contributed by atoms with Crippen molar-refractivity contribution in [2.24, 2.45) is 0 Å². The van der Waals surface area contributed by atoms with Crippen LogP contribution in [0.1, 0.15) is 48.3 Å². The first-order valence-corrected chi connectivity index (χ1v) is 9.30. The Hall–Kier alpha value is -1.79. The van der Waals surface area contributed by atoms with E-state index >= 15 is 0 Å². The quantitative estimate of drug-likeness (QED) is 0.740. The topological polar surface area (TPSA) is 97.4 Å². The van der Waals surface area contributed by atoms with Gasteiger partial charge >= 0.3 is 0 Å². The summed E-state index contributed by atoms with van der Waals surface area (Å²) in [6.45, 7) is 1.85. The largest absolute Gasteiger partial charge is 0.297 e. The number of carbonyl (C=O) groups is 1. The number of thioether (sulfide) groups is 1. The van der Waals surface area contributed by atoms with E-state index in [0.29, 0.717) is 16.2 Å². The van der Waals surface area contributed by atoms with E-state index < -0.39 is 5.92 Å². The molecule has 0 aromatic carbocycles. The Morgan fingerprint density at radius 2 is 2.35 bits per heavy atom. The van der Waals surface area contributed by atoms with Crippen LogP contribution >= 0.6 is 23.1 Å². The maximum Gasteiger partial charge on any atom is 0.210 e. The van der Waals surface area contributed by atoms with Gasteiger partial charge in [-0.1, -0.05) is 24.6 Å². The number of aromatic nitrogens is 5. The first kappa shape index (κ1) is 16.1. The molecule has 1 aliphatic rings. The van der Waals surface area contributed by atoms with Crippen molar-refractivity contribution in [3.63, 3.8) is 0 Å². The third kappa shape index (κ3) is 3.59. The van der Waals surface area contributed by atoms with Crippen molar-refractivity contribution in [2.45, 2.75) is 49.7 Å². The molecule has 0 N–H and O–H groups in total. The van der Waals surface area contributed by atoms with E-state index in [9.17, 15) is 10.1 Å². The molecule has 0 spiro atoms. The van der Waals surface area contributed by atoms with E-state index in [1.807, 2.05) is 17.0 Å². The summed E-state index contributed by atoms with van der Waals surface area (Å²) in [5.41, 5.74) is 0.830. The maximum absolute atomic E-state index is 12.4. The number of rotatable bonds is 6. The lowest BCUT2D eigenvalue weighted by Crippen LogP contribution is -2.14. The minimum atomic E-state index is -0.808. The number of tetrazole rings is 1. The summed E-state index contributed by atoms with van der Waals surface area (Å²) in [5.74, 6) is -0.797. The molecular weight excluding hydrogens is 332 g/mol. The van der Waals surface area contributed by atoms with Crippen LogP contribution in [0, 0.1) is 18.3 Å². The first-order chi connectivity index (χ1) is 11.2. The van der Waals surface area contributed by atoms with E-state index in [1.54, 1.807) is 0 Å². The molecule has 1 atom stereocenters. The zero-order valence-electron chi connectivity index (χ0n) is 12.7. The number of nitrogens with zero attached hydrogens (tertiary/aromatic N) is 6. The summed E-state index contributed by atoms with van der Waals surface area (Å²) >= 11 is 2.65.